The van der Waals surface area contributed by atoms with Crippen LogP contribution in [0.5, 0.6) is 17.2 Å². The van der Waals surface area contributed by atoms with E-state index in [0.717, 1.165) is 11.1 Å². The van der Waals surface area contributed by atoms with Crippen molar-refractivity contribution in [3.05, 3.63) is 51.4 Å². The normalized spacial score (nSPS) is 21.8. The number of aromatic nitrogens is 3. The second-order valence-corrected chi connectivity index (χ2v) is 9.63. The minimum Gasteiger partial charge on any atom is -0.501 e. The van der Waals surface area contributed by atoms with E-state index in [0.29, 0.717) is 35.9 Å². The molecule has 188 valence electrons. The lowest BCUT2D eigenvalue weighted by Crippen LogP contribution is -2.65. The summed E-state index contributed by atoms with van der Waals surface area (Å²) in [6, 6.07) is 6.00. The zero-order chi connectivity index (χ0) is 27.4. The molecule has 4 heterocycles. The summed E-state index contributed by atoms with van der Waals surface area (Å²) in [4.78, 5) is 19.0. The Morgan fingerprint density at radius 2 is 1.82 bits per heavy atom. The first kappa shape index (κ1) is 26.5. The van der Waals surface area contributed by atoms with Gasteiger partial charge >= 0.3 is 0 Å². The molecule has 3 aromatic rings. The van der Waals surface area contributed by atoms with Crippen molar-refractivity contribution in [2.24, 2.45) is 0 Å². The number of aryl methyl sites for hydroxylation is 1. The maximum absolute atomic E-state index is 15.4. The van der Waals surface area contributed by atoms with Crippen molar-refractivity contribution in [3.63, 3.8) is 0 Å². The summed E-state index contributed by atoms with van der Waals surface area (Å²) in [7, 11) is 24.7. The van der Waals surface area contributed by atoms with Gasteiger partial charge in [0.1, 0.15) is 43.2 Å². The van der Waals surface area contributed by atoms with E-state index >= 15 is 4.39 Å². The van der Waals surface area contributed by atoms with Crippen LogP contribution in [0, 0.1) is 13.8 Å². The Balaban J connectivity index is 1.34. The maximum atomic E-state index is 15.4. The van der Waals surface area contributed by atoms with Crippen LogP contribution in [0.4, 0.5) is 10.2 Å². The molecule has 2 aliphatic heterocycles. The number of fused-ring (bicyclic) bond motifs is 2. The molecule has 0 bridgehead atoms. The van der Waals surface area contributed by atoms with E-state index < -0.39 is 23.1 Å². The summed E-state index contributed by atoms with van der Waals surface area (Å²) >= 11 is 0. The van der Waals surface area contributed by atoms with Gasteiger partial charge < -0.3 is 23.8 Å². The van der Waals surface area contributed by atoms with Gasteiger partial charge in [0.2, 0.25) is 0 Å². The smallest absolute Gasteiger partial charge is 0.274 e. The number of benzene rings is 1. The molecule has 1 aromatic carbocycles. The molecule has 14 heteroatoms. The Kier molecular flexibility index (Phi) is 6.65. The topological polar surface area (TPSA) is 87.4 Å². The van der Waals surface area contributed by atoms with E-state index in [4.69, 9.17) is 50.3 Å². The van der Waals surface area contributed by atoms with E-state index in [-0.39, 0.29) is 30.2 Å². The largest absolute Gasteiger partial charge is 0.501 e. The number of alkyl halides is 1. The lowest BCUT2D eigenvalue weighted by Gasteiger charge is -2.48. The molecule has 0 aliphatic carbocycles. The Hall–Kier alpha value is -3.14. The molecule has 2 atom stereocenters. The van der Waals surface area contributed by atoms with Crippen LogP contribution in [0.3, 0.4) is 0 Å². The number of halogens is 1. The van der Waals surface area contributed by atoms with E-state index in [1.54, 1.807) is 6.07 Å². The zero-order valence-electron chi connectivity index (χ0n) is 21.3. The van der Waals surface area contributed by atoms with Crippen LogP contribution in [0.1, 0.15) is 23.2 Å². The summed E-state index contributed by atoms with van der Waals surface area (Å²) in [5, 5.41) is 0.589. The second kappa shape index (κ2) is 9.55. The zero-order valence-corrected chi connectivity index (χ0v) is 21.3. The highest BCUT2D eigenvalue weighted by atomic mass is 19.1. The third-order valence-corrected chi connectivity index (χ3v) is 6.82. The van der Waals surface area contributed by atoms with E-state index in [1.165, 1.54) is 29.8 Å². The average Bonchev–Trinajstić information content (AvgIpc) is 2.84. The Labute approximate surface area is 224 Å². The molecule has 0 N–H and O–H groups in total. The lowest BCUT2D eigenvalue weighted by molar-refractivity contribution is 0.0587. The van der Waals surface area contributed by atoms with Gasteiger partial charge in [-0.05, 0) is 26.0 Å². The van der Waals surface area contributed by atoms with Crippen molar-refractivity contribution in [2.75, 3.05) is 25.1 Å². The summed E-state index contributed by atoms with van der Waals surface area (Å²) in [5.74, 6) is 1.26. The van der Waals surface area contributed by atoms with Crippen LogP contribution >= 0.6 is 0 Å². The van der Waals surface area contributed by atoms with Crippen LogP contribution in [-0.2, 0) is 11.3 Å². The molecule has 0 saturated carbocycles. The molecular formula is C24H23B4FN4O5. The first-order chi connectivity index (χ1) is 17.9. The molecule has 2 aliphatic rings. The van der Waals surface area contributed by atoms with Gasteiger partial charge in [-0.2, -0.15) is 4.52 Å². The fourth-order valence-electron chi connectivity index (χ4n) is 4.52. The highest BCUT2D eigenvalue weighted by molar-refractivity contribution is 6.53. The third-order valence-electron chi connectivity index (χ3n) is 6.82. The van der Waals surface area contributed by atoms with Gasteiger partial charge in [0.05, 0.1) is 18.8 Å². The number of rotatable bonds is 5. The third kappa shape index (κ3) is 4.63. The van der Waals surface area contributed by atoms with E-state index in [9.17, 15) is 4.79 Å². The van der Waals surface area contributed by atoms with Gasteiger partial charge in [0, 0.05) is 54.1 Å². The molecule has 0 amide bonds. The van der Waals surface area contributed by atoms with Gasteiger partial charge in [-0.1, -0.05) is 0 Å². The van der Waals surface area contributed by atoms with Crippen LogP contribution < -0.4 is 24.7 Å². The fourth-order valence-corrected chi connectivity index (χ4v) is 4.52. The van der Waals surface area contributed by atoms with Crippen molar-refractivity contribution in [1.82, 2.24) is 14.6 Å². The van der Waals surface area contributed by atoms with Gasteiger partial charge in [-0.15, -0.1) is 5.10 Å². The Bertz CT molecular complexity index is 1450. The Morgan fingerprint density at radius 3 is 2.50 bits per heavy atom. The number of hydrogen-bond donors (Lipinski definition) is 0. The number of anilines is 1. The molecule has 1 saturated heterocycles. The van der Waals surface area contributed by atoms with Gasteiger partial charge in [-0.3, -0.25) is 4.79 Å². The van der Waals surface area contributed by atoms with Crippen molar-refractivity contribution in [3.8, 4) is 17.2 Å². The molecule has 38 heavy (non-hydrogen) atoms. The van der Waals surface area contributed by atoms with Crippen molar-refractivity contribution < 1.29 is 23.3 Å². The molecule has 0 spiro atoms. The summed E-state index contributed by atoms with van der Waals surface area (Å²) in [5.41, 5.74) is 2.22. The minimum atomic E-state index is -1.99. The van der Waals surface area contributed by atoms with Crippen LogP contribution in [0.25, 0.3) is 5.65 Å². The van der Waals surface area contributed by atoms with Crippen LogP contribution in [0.2, 0.25) is 0 Å². The Morgan fingerprint density at radius 1 is 1.11 bits per heavy atom. The fraction of sp³-hybridized carbons (Fsp3) is 0.458. The first-order valence-electron chi connectivity index (χ1n) is 12.0. The van der Waals surface area contributed by atoms with Gasteiger partial charge in [-0.25, -0.2) is 9.37 Å². The summed E-state index contributed by atoms with van der Waals surface area (Å²) in [6.07, 6.45) is -1.72. The van der Waals surface area contributed by atoms with Crippen molar-refractivity contribution in [1.29, 1.82) is 0 Å². The second-order valence-electron chi connectivity index (χ2n) is 9.63. The number of hydrogen-bond acceptors (Lipinski definition) is 8. The molecule has 8 radical (unpaired) electrons. The molecule has 9 nitrogen and oxygen atoms in total. The summed E-state index contributed by atoms with van der Waals surface area (Å²) in [6.45, 7) is 4.43. The molecule has 5 rings (SSSR count). The minimum absolute atomic E-state index is 0.0233. The maximum Gasteiger partial charge on any atom is 0.274 e. The van der Waals surface area contributed by atoms with E-state index in [2.05, 4.69) is 10.1 Å². The van der Waals surface area contributed by atoms with Gasteiger partial charge in [0.15, 0.2) is 29.1 Å². The predicted molar refractivity (Wildman–Crippen MR) is 142 cm³/mol. The molecule has 2 aromatic heterocycles. The molecule has 1 fully saturated rings. The molecule has 0 unspecified atom stereocenters. The average molecular weight is 510 g/mol. The van der Waals surface area contributed by atoms with E-state index in [1.807, 2.05) is 18.7 Å². The van der Waals surface area contributed by atoms with Crippen LogP contribution in [-0.4, -0.2) is 89.3 Å². The highest BCUT2D eigenvalue weighted by Gasteiger charge is 2.43. The number of ether oxygens (including phenoxy) is 4. The lowest BCUT2D eigenvalue weighted by atomic mass is 9.41. The highest BCUT2D eigenvalue weighted by Crippen LogP contribution is 2.41. The number of piperidine rings is 1. The number of methoxy groups -OCH3 is 1. The monoisotopic (exact) mass is 510 g/mol. The van der Waals surface area contributed by atoms with Gasteiger partial charge in [0.25, 0.3) is 5.56 Å². The first-order valence-corrected chi connectivity index (χ1v) is 12.0. The molecular weight excluding hydrogens is 487 g/mol. The number of nitrogens with zero attached hydrogens (tertiary/aromatic N) is 4. The SMILES string of the molecule is [B]C1([B])Oc2ccc(O[C@@H]3CCN(c4nn5c(=O)cc(COC)nc5c(C)c4C)C[C@H]3F)cc2OC1([B])[B]. The predicted octanol–water partition coefficient (Wildman–Crippen LogP) is 0.601. The van der Waals surface area contributed by atoms with Crippen molar-refractivity contribution in [2.45, 2.75) is 50.0 Å². The van der Waals surface area contributed by atoms with Crippen LogP contribution in [0.15, 0.2) is 29.1 Å². The van der Waals surface area contributed by atoms with Crippen molar-refractivity contribution >= 4 is 42.9 Å². The quantitative estimate of drug-likeness (QED) is 0.462. The standard InChI is InChI=1S/C24H23B4FN4O5/c1-12-13(2)22(31-33-20(34)8-14(11-35-3)30-21(12)33)32-7-6-17(16(29)10-32)36-15-4-5-18-19(9-15)38-24(27,28)23(25,26)37-18/h4-5,8-9,16-17H,6-7,10-11H2,1-3H3/t16-,17-/m1/s1. The summed E-state index contributed by atoms with van der Waals surface area (Å²) < 4.78 is 38.6.